The van der Waals surface area contributed by atoms with Gasteiger partial charge in [-0.2, -0.15) is 0 Å². The highest BCUT2D eigenvalue weighted by Gasteiger charge is 2.27. The van der Waals surface area contributed by atoms with Crippen molar-refractivity contribution in [2.75, 3.05) is 26.3 Å². The van der Waals surface area contributed by atoms with Gasteiger partial charge in [0.2, 0.25) is 10.0 Å². The highest BCUT2D eigenvalue weighted by molar-refractivity contribution is 7.89. The van der Waals surface area contributed by atoms with Crippen LogP contribution in [0.1, 0.15) is 36.0 Å². The van der Waals surface area contributed by atoms with Crippen LogP contribution in [0.5, 0.6) is 5.75 Å². The molecule has 0 bridgehead atoms. The number of likely N-dealkylation sites (tertiary alicyclic amines) is 1. The van der Waals surface area contributed by atoms with Crippen LogP contribution >= 0.6 is 0 Å². The fourth-order valence-electron chi connectivity index (χ4n) is 3.95. The summed E-state index contributed by atoms with van der Waals surface area (Å²) in [6, 6.07) is 15.4. The summed E-state index contributed by atoms with van der Waals surface area (Å²) < 4.78 is 39.2. The van der Waals surface area contributed by atoms with Crippen LogP contribution in [0, 0.1) is 0 Å². The summed E-state index contributed by atoms with van der Waals surface area (Å²) in [5.74, 6) is 0.596. The number of carbonyl (C=O) groups is 1. The van der Waals surface area contributed by atoms with Gasteiger partial charge in [-0.3, -0.25) is 4.79 Å². The van der Waals surface area contributed by atoms with Crippen molar-refractivity contribution in [2.24, 2.45) is 0 Å². The number of amides is 1. The quantitative estimate of drug-likeness (QED) is 0.710. The molecule has 8 heteroatoms. The summed E-state index contributed by atoms with van der Waals surface area (Å²) >= 11 is 0. The molecule has 2 aliphatic heterocycles. The Labute approximate surface area is 183 Å². The molecule has 1 N–H and O–H groups in total. The van der Waals surface area contributed by atoms with Crippen LogP contribution in [0.25, 0.3) is 0 Å². The summed E-state index contributed by atoms with van der Waals surface area (Å²) in [5, 5.41) is 0. The summed E-state index contributed by atoms with van der Waals surface area (Å²) in [6.45, 7) is 2.28. The molecule has 2 aliphatic rings. The fraction of sp³-hybridized carbons (Fsp3) is 0.435. The van der Waals surface area contributed by atoms with E-state index < -0.39 is 10.0 Å². The van der Waals surface area contributed by atoms with E-state index in [1.807, 2.05) is 12.1 Å². The Kier molecular flexibility index (Phi) is 6.89. The number of rotatable bonds is 7. The summed E-state index contributed by atoms with van der Waals surface area (Å²) in [5.41, 5.74) is 0.577. The first-order valence-corrected chi connectivity index (χ1v) is 12.2. The van der Waals surface area contributed by atoms with Crippen molar-refractivity contribution < 1.29 is 22.7 Å². The molecule has 1 atom stereocenters. The van der Waals surface area contributed by atoms with Gasteiger partial charge in [0.25, 0.3) is 5.91 Å². The van der Waals surface area contributed by atoms with Crippen LogP contribution in [0.3, 0.4) is 0 Å². The third kappa shape index (κ3) is 5.64. The maximum atomic E-state index is 12.9. The van der Waals surface area contributed by atoms with Gasteiger partial charge >= 0.3 is 0 Å². The van der Waals surface area contributed by atoms with Gasteiger partial charge in [-0.25, -0.2) is 13.1 Å². The van der Waals surface area contributed by atoms with Crippen molar-refractivity contribution in [2.45, 2.75) is 42.7 Å². The monoisotopic (exact) mass is 444 g/mol. The smallest absolute Gasteiger partial charge is 0.253 e. The molecule has 0 saturated carbocycles. The Morgan fingerprint density at radius 1 is 1.06 bits per heavy atom. The first-order chi connectivity index (χ1) is 15.0. The second-order valence-electron chi connectivity index (χ2n) is 7.97. The molecule has 0 spiro atoms. The molecule has 2 aromatic rings. The maximum absolute atomic E-state index is 12.9. The zero-order valence-electron chi connectivity index (χ0n) is 17.4. The molecule has 4 rings (SSSR count). The molecule has 0 aliphatic carbocycles. The van der Waals surface area contributed by atoms with E-state index in [4.69, 9.17) is 9.47 Å². The number of ether oxygens (including phenoxy) is 2. The second-order valence-corrected chi connectivity index (χ2v) is 9.69. The number of nitrogens with one attached hydrogen (secondary N) is 1. The lowest BCUT2D eigenvalue weighted by atomic mass is 10.0. The molecule has 0 radical (unpaired) electrons. The number of hydrogen-bond donors (Lipinski definition) is 1. The number of piperidine rings is 1. The number of carbonyl (C=O) groups excluding carboxylic acids is 1. The van der Waals surface area contributed by atoms with Gasteiger partial charge in [-0.1, -0.05) is 24.3 Å². The third-order valence-electron chi connectivity index (χ3n) is 5.70. The van der Waals surface area contributed by atoms with Crippen molar-refractivity contribution in [1.29, 1.82) is 0 Å². The summed E-state index contributed by atoms with van der Waals surface area (Å²) in [7, 11) is -3.55. The standard InChI is InChI=1S/C23H28N2O5S/c26-23(18-6-4-7-20(16-18)30-17-21-8-5-15-29-21)25-13-11-19(12-14-25)24-31(27,28)22-9-2-1-3-10-22/h1-4,6-7,9-10,16,19,21,24H,5,8,11-15,17H2/t21-/m0/s1. The predicted molar refractivity (Wildman–Crippen MR) is 117 cm³/mol. The van der Waals surface area contributed by atoms with Gasteiger partial charge < -0.3 is 14.4 Å². The van der Waals surface area contributed by atoms with E-state index in [-0.39, 0.29) is 22.9 Å². The first-order valence-electron chi connectivity index (χ1n) is 10.7. The molecule has 2 heterocycles. The SMILES string of the molecule is O=C(c1cccc(OC[C@@H]2CCCO2)c1)N1CCC(NS(=O)(=O)c2ccccc2)CC1. The van der Waals surface area contributed by atoms with E-state index in [0.29, 0.717) is 43.9 Å². The van der Waals surface area contributed by atoms with E-state index in [1.165, 1.54) is 0 Å². The van der Waals surface area contributed by atoms with Crippen LogP contribution in [-0.4, -0.2) is 57.7 Å². The van der Waals surface area contributed by atoms with Gasteiger partial charge in [0.15, 0.2) is 0 Å². The minimum absolute atomic E-state index is 0.0630. The Hall–Kier alpha value is -2.42. The largest absolute Gasteiger partial charge is 0.491 e. The lowest BCUT2D eigenvalue weighted by Crippen LogP contribution is -2.46. The van der Waals surface area contributed by atoms with Gasteiger partial charge in [0.05, 0.1) is 11.0 Å². The third-order valence-corrected chi connectivity index (χ3v) is 7.23. The van der Waals surface area contributed by atoms with E-state index >= 15 is 0 Å². The molecule has 0 unspecified atom stereocenters. The Morgan fingerprint density at radius 2 is 1.84 bits per heavy atom. The zero-order chi connectivity index (χ0) is 21.7. The van der Waals surface area contributed by atoms with Crippen LogP contribution in [0.2, 0.25) is 0 Å². The van der Waals surface area contributed by atoms with E-state index in [0.717, 1.165) is 19.4 Å². The van der Waals surface area contributed by atoms with Crippen LogP contribution in [-0.2, 0) is 14.8 Å². The van der Waals surface area contributed by atoms with Gasteiger partial charge in [-0.05, 0) is 56.0 Å². The van der Waals surface area contributed by atoms with Crippen molar-refractivity contribution in [1.82, 2.24) is 9.62 Å². The van der Waals surface area contributed by atoms with E-state index in [1.54, 1.807) is 47.4 Å². The zero-order valence-corrected chi connectivity index (χ0v) is 18.2. The van der Waals surface area contributed by atoms with Gasteiger partial charge in [-0.15, -0.1) is 0 Å². The molecule has 7 nitrogen and oxygen atoms in total. The van der Waals surface area contributed by atoms with Crippen LogP contribution < -0.4 is 9.46 Å². The Balaban J connectivity index is 1.30. The Bertz CT molecular complexity index is 982. The summed E-state index contributed by atoms with van der Waals surface area (Å²) in [6.07, 6.45) is 3.34. The molecular formula is C23H28N2O5S. The van der Waals surface area contributed by atoms with Crippen molar-refractivity contribution in [3.8, 4) is 5.75 Å². The fourth-order valence-corrected chi connectivity index (χ4v) is 5.28. The minimum atomic E-state index is -3.55. The van der Waals surface area contributed by atoms with E-state index in [9.17, 15) is 13.2 Å². The minimum Gasteiger partial charge on any atom is -0.491 e. The van der Waals surface area contributed by atoms with E-state index in [2.05, 4.69) is 4.72 Å². The number of benzene rings is 2. The van der Waals surface area contributed by atoms with Crippen molar-refractivity contribution >= 4 is 15.9 Å². The summed E-state index contributed by atoms with van der Waals surface area (Å²) in [4.78, 5) is 15.0. The molecule has 1 amide bonds. The first kappa shape index (κ1) is 21.8. The molecule has 0 aromatic heterocycles. The van der Waals surface area contributed by atoms with Crippen molar-refractivity contribution in [3.05, 3.63) is 60.2 Å². The predicted octanol–water partition coefficient (Wildman–Crippen LogP) is 2.83. The number of hydrogen-bond acceptors (Lipinski definition) is 5. The molecule has 166 valence electrons. The van der Waals surface area contributed by atoms with Crippen LogP contribution in [0.4, 0.5) is 0 Å². The molecule has 31 heavy (non-hydrogen) atoms. The molecule has 2 saturated heterocycles. The average molecular weight is 445 g/mol. The number of nitrogens with zero attached hydrogens (tertiary/aromatic N) is 1. The molecule has 2 aromatic carbocycles. The maximum Gasteiger partial charge on any atom is 0.253 e. The molecule has 2 fully saturated rings. The van der Waals surface area contributed by atoms with Gasteiger partial charge in [0, 0.05) is 31.3 Å². The lowest BCUT2D eigenvalue weighted by molar-refractivity contribution is 0.0674. The Morgan fingerprint density at radius 3 is 2.55 bits per heavy atom. The van der Waals surface area contributed by atoms with Crippen LogP contribution in [0.15, 0.2) is 59.5 Å². The normalized spacial score (nSPS) is 20.0. The number of sulfonamides is 1. The van der Waals surface area contributed by atoms with Crippen molar-refractivity contribution in [3.63, 3.8) is 0 Å². The highest BCUT2D eigenvalue weighted by Crippen LogP contribution is 2.21. The lowest BCUT2D eigenvalue weighted by Gasteiger charge is -2.32. The second kappa shape index (κ2) is 9.80. The average Bonchev–Trinajstić information content (AvgIpc) is 3.32. The topological polar surface area (TPSA) is 84.9 Å². The highest BCUT2D eigenvalue weighted by atomic mass is 32.2. The molecular weight excluding hydrogens is 416 g/mol. The van der Waals surface area contributed by atoms with Gasteiger partial charge in [0.1, 0.15) is 12.4 Å².